The molecule has 1 saturated heterocycles. The van der Waals surface area contributed by atoms with E-state index in [1.54, 1.807) is 24.3 Å². The van der Waals surface area contributed by atoms with Crippen molar-refractivity contribution in [1.29, 1.82) is 0 Å². The lowest BCUT2D eigenvalue weighted by Crippen LogP contribution is -2.65. The van der Waals surface area contributed by atoms with E-state index in [0.29, 0.717) is 5.75 Å². The Kier molecular flexibility index (Phi) is 5.13. The predicted octanol–water partition coefficient (Wildman–Crippen LogP) is -0.991. The van der Waals surface area contributed by atoms with Gasteiger partial charge in [0, 0.05) is 6.92 Å². The van der Waals surface area contributed by atoms with Gasteiger partial charge >= 0.3 is 0 Å². The molecule has 4 N–H and O–H groups in total. The van der Waals surface area contributed by atoms with Crippen LogP contribution in [0.5, 0.6) is 5.75 Å². The lowest BCUT2D eigenvalue weighted by atomic mass is 9.97. The second kappa shape index (κ2) is 6.86. The van der Waals surface area contributed by atoms with Crippen LogP contribution in [0.3, 0.4) is 0 Å². The molecule has 21 heavy (non-hydrogen) atoms. The van der Waals surface area contributed by atoms with Crippen molar-refractivity contribution in [2.75, 3.05) is 6.61 Å². The zero-order valence-corrected chi connectivity index (χ0v) is 11.5. The normalized spacial score (nSPS) is 32.5. The Hall–Kier alpha value is -1.67. The van der Waals surface area contributed by atoms with E-state index >= 15 is 0 Å². The summed E-state index contributed by atoms with van der Waals surface area (Å²) in [5.74, 6) is 0.0945. The van der Waals surface area contributed by atoms with Gasteiger partial charge in [0.15, 0.2) is 0 Å². The number of para-hydroxylation sites is 1. The fraction of sp³-hybridized carbons (Fsp3) is 0.500. The predicted molar refractivity (Wildman–Crippen MR) is 72.4 cm³/mol. The van der Waals surface area contributed by atoms with E-state index in [1.165, 1.54) is 6.92 Å². The third kappa shape index (κ3) is 3.70. The lowest BCUT2D eigenvalue weighted by molar-refractivity contribution is -0.244. The van der Waals surface area contributed by atoms with Crippen LogP contribution in [0.4, 0.5) is 0 Å². The van der Waals surface area contributed by atoms with Gasteiger partial charge in [0.25, 0.3) is 0 Å². The lowest BCUT2D eigenvalue weighted by Gasteiger charge is -2.42. The van der Waals surface area contributed by atoms with E-state index in [4.69, 9.17) is 9.47 Å². The van der Waals surface area contributed by atoms with Crippen LogP contribution in [0, 0.1) is 0 Å². The van der Waals surface area contributed by atoms with Gasteiger partial charge < -0.3 is 30.1 Å². The first-order chi connectivity index (χ1) is 10.0. The number of amides is 1. The number of hydrogen-bond donors (Lipinski definition) is 4. The van der Waals surface area contributed by atoms with Gasteiger partial charge in [-0.3, -0.25) is 4.79 Å². The summed E-state index contributed by atoms with van der Waals surface area (Å²) in [4.78, 5) is 11.2. The summed E-state index contributed by atoms with van der Waals surface area (Å²) in [7, 11) is 0. The molecule has 0 aromatic heterocycles. The fourth-order valence-corrected chi connectivity index (χ4v) is 2.20. The molecule has 0 unspecified atom stereocenters. The Bertz CT molecular complexity index is 468. The second-order valence-electron chi connectivity index (χ2n) is 4.86. The van der Waals surface area contributed by atoms with E-state index in [-0.39, 0.29) is 5.91 Å². The first-order valence-corrected chi connectivity index (χ1v) is 6.64. The highest BCUT2D eigenvalue weighted by Gasteiger charge is 2.45. The van der Waals surface area contributed by atoms with E-state index in [1.807, 2.05) is 6.07 Å². The number of ether oxygens (including phenoxy) is 2. The highest BCUT2D eigenvalue weighted by atomic mass is 16.7. The average molecular weight is 297 g/mol. The maximum atomic E-state index is 11.2. The van der Waals surface area contributed by atoms with Crippen LogP contribution in [0.1, 0.15) is 6.92 Å². The number of benzene rings is 1. The molecule has 7 heteroatoms. The van der Waals surface area contributed by atoms with Crippen LogP contribution < -0.4 is 10.1 Å². The Morgan fingerprint density at radius 3 is 2.52 bits per heavy atom. The summed E-state index contributed by atoms with van der Waals surface area (Å²) in [6.07, 6.45) is -4.64. The van der Waals surface area contributed by atoms with E-state index in [2.05, 4.69) is 5.32 Å². The molecule has 0 bridgehead atoms. The van der Waals surface area contributed by atoms with Crippen LogP contribution in [0.25, 0.3) is 0 Å². The van der Waals surface area contributed by atoms with Gasteiger partial charge in [-0.05, 0) is 12.1 Å². The van der Waals surface area contributed by atoms with Crippen molar-refractivity contribution >= 4 is 5.91 Å². The number of carbonyl (C=O) groups is 1. The number of nitrogens with one attached hydrogen (secondary N) is 1. The fourth-order valence-electron chi connectivity index (χ4n) is 2.20. The maximum absolute atomic E-state index is 11.2. The molecule has 1 amide bonds. The Morgan fingerprint density at radius 1 is 1.29 bits per heavy atom. The van der Waals surface area contributed by atoms with Crippen molar-refractivity contribution in [3.8, 4) is 5.75 Å². The third-order valence-electron chi connectivity index (χ3n) is 3.25. The molecule has 0 saturated carbocycles. The van der Waals surface area contributed by atoms with Crippen molar-refractivity contribution in [2.45, 2.75) is 37.6 Å². The van der Waals surface area contributed by atoms with Gasteiger partial charge in [0.05, 0.1) is 6.61 Å². The number of aliphatic hydroxyl groups is 3. The molecule has 1 aromatic rings. The van der Waals surface area contributed by atoms with Gasteiger partial charge in [-0.1, -0.05) is 18.2 Å². The molecule has 0 spiro atoms. The van der Waals surface area contributed by atoms with Crippen molar-refractivity contribution in [2.24, 2.45) is 0 Å². The van der Waals surface area contributed by atoms with Crippen molar-refractivity contribution in [1.82, 2.24) is 5.32 Å². The Labute approximate surface area is 122 Å². The number of aliphatic hydroxyl groups excluding tert-OH is 3. The molecule has 2 rings (SSSR count). The molecule has 1 aliphatic rings. The summed E-state index contributed by atoms with van der Waals surface area (Å²) >= 11 is 0. The largest absolute Gasteiger partial charge is 0.463 e. The first-order valence-electron chi connectivity index (χ1n) is 6.64. The summed E-state index contributed by atoms with van der Waals surface area (Å²) in [5.41, 5.74) is 0. The van der Waals surface area contributed by atoms with Gasteiger partial charge in [0.1, 0.15) is 30.1 Å². The summed E-state index contributed by atoms with van der Waals surface area (Å²) in [5, 5.41) is 31.7. The van der Waals surface area contributed by atoms with Crippen LogP contribution in [0.15, 0.2) is 30.3 Å². The van der Waals surface area contributed by atoms with Crippen molar-refractivity contribution < 1.29 is 29.6 Å². The second-order valence-corrected chi connectivity index (χ2v) is 4.86. The Morgan fingerprint density at radius 2 is 1.95 bits per heavy atom. The van der Waals surface area contributed by atoms with Crippen LogP contribution in [0.2, 0.25) is 0 Å². The van der Waals surface area contributed by atoms with Gasteiger partial charge in [-0.2, -0.15) is 0 Å². The van der Waals surface area contributed by atoms with Crippen molar-refractivity contribution in [3.63, 3.8) is 0 Å². The molecule has 116 valence electrons. The monoisotopic (exact) mass is 297 g/mol. The molecular weight excluding hydrogens is 278 g/mol. The molecular formula is C14H19NO6. The molecule has 1 aliphatic heterocycles. The molecule has 0 radical (unpaired) electrons. The number of rotatable bonds is 4. The van der Waals surface area contributed by atoms with Crippen LogP contribution in [-0.4, -0.2) is 58.5 Å². The van der Waals surface area contributed by atoms with Crippen molar-refractivity contribution in [3.05, 3.63) is 30.3 Å². The minimum atomic E-state index is -1.32. The molecule has 0 aliphatic carbocycles. The summed E-state index contributed by atoms with van der Waals surface area (Å²) in [6, 6.07) is 7.79. The van der Waals surface area contributed by atoms with E-state index in [0.717, 1.165) is 0 Å². The van der Waals surface area contributed by atoms with Crippen LogP contribution in [-0.2, 0) is 9.53 Å². The molecule has 7 nitrogen and oxygen atoms in total. The zero-order valence-electron chi connectivity index (χ0n) is 11.5. The topological polar surface area (TPSA) is 108 Å². The quantitative estimate of drug-likeness (QED) is 0.568. The number of hydrogen-bond acceptors (Lipinski definition) is 6. The van der Waals surface area contributed by atoms with Crippen LogP contribution >= 0.6 is 0 Å². The summed E-state index contributed by atoms with van der Waals surface area (Å²) in [6.45, 7) is 0.816. The zero-order chi connectivity index (χ0) is 15.4. The maximum Gasteiger partial charge on any atom is 0.223 e. The minimum Gasteiger partial charge on any atom is -0.463 e. The third-order valence-corrected chi connectivity index (χ3v) is 3.25. The van der Waals surface area contributed by atoms with E-state index in [9.17, 15) is 20.1 Å². The average Bonchev–Trinajstić information content (AvgIpc) is 2.47. The molecule has 1 heterocycles. The highest BCUT2D eigenvalue weighted by molar-refractivity contribution is 5.73. The SMILES string of the molecule is CC(=O)N[C@@H]1[C@@H](Oc2ccccc2)O[C@@H](CO)[C@@H](O)[C@H]1O. The minimum absolute atomic E-state index is 0.390. The first kappa shape index (κ1) is 15.7. The Balaban J connectivity index is 2.18. The van der Waals surface area contributed by atoms with Gasteiger partial charge in [-0.25, -0.2) is 0 Å². The number of carbonyl (C=O) groups excluding carboxylic acids is 1. The smallest absolute Gasteiger partial charge is 0.223 e. The van der Waals surface area contributed by atoms with E-state index < -0.39 is 37.3 Å². The van der Waals surface area contributed by atoms with Gasteiger partial charge in [0.2, 0.25) is 12.2 Å². The van der Waals surface area contributed by atoms with Gasteiger partial charge in [-0.15, -0.1) is 0 Å². The summed E-state index contributed by atoms with van der Waals surface area (Å²) < 4.78 is 11.0. The molecule has 1 aromatic carbocycles. The molecule has 5 atom stereocenters. The highest BCUT2D eigenvalue weighted by Crippen LogP contribution is 2.24. The standard InChI is InChI=1S/C14H19NO6/c1-8(17)15-11-13(19)12(18)10(7-16)21-14(11)20-9-5-3-2-4-6-9/h2-6,10-14,16,18-19H,7H2,1H3,(H,15,17)/t10-,11-,12+,13-,14-/m0/s1. The molecule has 1 fully saturated rings.